The summed E-state index contributed by atoms with van der Waals surface area (Å²) in [6.45, 7) is 12.5. The third-order valence-corrected chi connectivity index (χ3v) is 3.96. The molecule has 0 spiro atoms. The van der Waals surface area contributed by atoms with Crippen LogP contribution >= 0.6 is 0 Å². The van der Waals surface area contributed by atoms with Crippen molar-refractivity contribution in [3.8, 4) is 0 Å². The Morgan fingerprint density at radius 2 is 1.78 bits per heavy atom. The number of hydrogen-bond donors (Lipinski definition) is 1. The Kier molecular flexibility index (Phi) is 7.59. The minimum absolute atomic E-state index is 0.00195. The predicted octanol–water partition coefficient (Wildman–Crippen LogP) is 2.72. The van der Waals surface area contributed by atoms with Crippen LogP contribution in [0.1, 0.15) is 39.7 Å². The van der Waals surface area contributed by atoms with Crippen molar-refractivity contribution < 1.29 is 9.59 Å². The second kappa shape index (κ2) is 9.18. The average Bonchev–Trinajstić information content (AvgIpc) is 2.53. The number of amides is 2. The van der Waals surface area contributed by atoms with Gasteiger partial charge in [0.15, 0.2) is 0 Å². The van der Waals surface area contributed by atoms with E-state index in [2.05, 4.69) is 36.2 Å². The van der Waals surface area contributed by atoms with Crippen molar-refractivity contribution in [3.63, 3.8) is 0 Å². The van der Waals surface area contributed by atoms with Gasteiger partial charge in [-0.2, -0.15) is 0 Å². The van der Waals surface area contributed by atoms with Gasteiger partial charge in [0.05, 0.1) is 0 Å². The standard InChI is InChI=1S/C18H29N3O2/c1-6-18(23)19-11-12-21(15(5)22)17-10-9-16(13-14(17)4)20(7-2)8-3/h9-10,13H,6-8,11-12H2,1-5H3,(H,19,23). The van der Waals surface area contributed by atoms with Crippen LogP contribution in [0.2, 0.25) is 0 Å². The summed E-state index contributed by atoms with van der Waals surface area (Å²) in [5.74, 6) is -0.0171. The van der Waals surface area contributed by atoms with Crippen molar-refractivity contribution in [3.05, 3.63) is 23.8 Å². The van der Waals surface area contributed by atoms with E-state index >= 15 is 0 Å². The number of nitrogens with one attached hydrogen (secondary N) is 1. The molecular formula is C18H29N3O2. The maximum atomic E-state index is 12.0. The topological polar surface area (TPSA) is 52.7 Å². The van der Waals surface area contributed by atoms with Gasteiger partial charge in [-0.05, 0) is 44.5 Å². The van der Waals surface area contributed by atoms with Crippen molar-refractivity contribution >= 4 is 23.2 Å². The fraction of sp³-hybridized carbons (Fsp3) is 0.556. The molecule has 5 heteroatoms. The maximum Gasteiger partial charge on any atom is 0.223 e. The Bertz CT molecular complexity index is 539. The summed E-state index contributed by atoms with van der Waals surface area (Å²) in [6.07, 6.45) is 0.456. The number of carbonyl (C=O) groups is 2. The number of benzene rings is 1. The summed E-state index contributed by atoms with van der Waals surface area (Å²) in [5, 5.41) is 2.81. The second-order valence-corrected chi connectivity index (χ2v) is 5.52. The van der Waals surface area contributed by atoms with E-state index in [1.165, 1.54) is 5.69 Å². The summed E-state index contributed by atoms with van der Waals surface area (Å²) < 4.78 is 0. The number of hydrogen-bond acceptors (Lipinski definition) is 3. The Morgan fingerprint density at radius 3 is 2.26 bits per heavy atom. The Balaban J connectivity index is 2.91. The molecule has 2 amide bonds. The maximum absolute atomic E-state index is 12.0. The van der Waals surface area contributed by atoms with E-state index in [9.17, 15) is 9.59 Å². The summed E-state index contributed by atoms with van der Waals surface area (Å²) >= 11 is 0. The first-order valence-corrected chi connectivity index (χ1v) is 8.34. The third-order valence-electron chi connectivity index (χ3n) is 3.96. The van der Waals surface area contributed by atoms with E-state index in [0.717, 1.165) is 24.3 Å². The molecule has 0 saturated carbocycles. The predicted molar refractivity (Wildman–Crippen MR) is 96.1 cm³/mol. The number of aryl methyl sites for hydroxylation is 1. The molecule has 5 nitrogen and oxygen atoms in total. The molecule has 1 N–H and O–H groups in total. The first kappa shape index (κ1) is 19.0. The summed E-state index contributed by atoms with van der Waals surface area (Å²) in [4.78, 5) is 27.3. The van der Waals surface area contributed by atoms with Gasteiger partial charge >= 0.3 is 0 Å². The van der Waals surface area contributed by atoms with Gasteiger partial charge in [0.2, 0.25) is 11.8 Å². The Morgan fingerprint density at radius 1 is 1.13 bits per heavy atom. The molecule has 0 bridgehead atoms. The lowest BCUT2D eigenvalue weighted by molar-refractivity contribution is -0.121. The molecule has 0 heterocycles. The number of carbonyl (C=O) groups excluding carboxylic acids is 2. The van der Waals surface area contributed by atoms with Gasteiger partial charge in [0, 0.05) is 50.9 Å². The lowest BCUT2D eigenvalue weighted by Crippen LogP contribution is -2.37. The monoisotopic (exact) mass is 319 g/mol. The summed E-state index contributed by atoms with van der Waals surface area (Å²) in [7, 11) is 0. The molecule has 128 valence electrons. The first-order valence-electron chi connectivity index (χ1n) is 8.34. The van der Waals surface area contributed by atoms with E-state index in [-0.39, 0.29) is 11.8 Å². The van der Waals surface area contributed by atoms with E-state index < -0.39 is 0 Å². The SMILES string of the molecule is CCC(=O)NCCN(C(C)=O)c1ccc(N(CC)CC)cc1C. The quantitative estimate of drug-likeness (QED) is 0.801. The van der Waals surface area contributed by atoms with Crippen LogP contribution in [0.4, 0.5) is 11.4 Å². The van der Waals surface area contributed by atoms with Gasteiger partial charge in [-0.1, -0.05) is 6.92 Å². The molecule has 0 fully saturated rings. The van der Waals surface area contributed by atoms with E-state index in [1.807, 2.05) is 19.9 Å². The molecule has 0 aliphatic carbocycles. The van der Waals surface area contributed by atoms with E-state index in [4.69, 9.17) is 0 Å². The molecule has 0 aliphatic heterocycles. The Labute approximate surface area is 139 Å². The summed E-state index contributed by atoms with van der Waals surface area (Å²) in [6, 6.07) is 6.16. The molecule has 0 radical (unpaired) electrons. The van der Waals surface area contributed by atoms with Gasteiger partial charge in [0.25, 0.3) is 0 Å². The third kappa shape index (κ3) is 5.27. The van der Waals surface area contributed by atoms with Crippen LogP contribution < -0.4 is 15.1 Å². The zero-order valence-electron chi connectivity index (χ0n) is 15.0. The first-order chi connectivity index (χ1) is 10.9. The number of rotatable bonds is 8. The molecule has 1 aromatic rings. The van der Waals surface area contributed by atoms with Crippen LogP contribution in [0.25, 0.3) is 0 Å². The zero-order valence-corrected chi connectivity index (χ0v) is 15.0. The van der Waals surface area contributed by atoms with Crippen LogP contribution in [-0.2, 0) is 9.59 Å². The van der Waals surface area contributed by atoms with Gasteiger partial charge in [0.1, 0.15) is 0 Å². The minimum atomic E-state index is -0.0190. The van der Waals surface area contributed by atoms with Gasteiger partial charge in [-0.25, -0.2) is 0 Å². The highest BCUT2D eigenvalue weighted by atomic mass is 16.2. The smallest absolute Gasteiger partial charge is 0.223 e. The van der Waals surface area contributed by atoms with Gasteiger partial charge in [-0.3, -0.25) is 9.59 Å². The van der Waals surface area contributed by atoms with Gasteiger partial charge < -0.3 is 15.1 Å². The lowest BCUT2D eigenvalue weighted by atomic mass is 10.1. The molecule has 0 aromatic heterocycles. The largest absolute Gasteiger partial charge is 0.372 e. The minimum Gasteiger partial charge on any atom is -0.372 e. The number of nitrogens with zero attached hydrogens (tertiary/aromatic N) is 2. The highest BCUT2D eigenvalue weighted by Crippen LogP contribution is 2.25. The highest BCUT2D eigenvalue weighted by Gasteiger charge is 2.15. The number of anilines is 2. The van der Waals surface area contributed by atoms with Crippen molar-refractivity contribution in [1.29, 1.82) is 0 Å². The molecule has 1 aromatic carbocycles. The van der Waals surface area contributed by atoms with Crippen LogP contribution in [0, 0.1) is 6.92 Å². The average molecular weight is 319 g/mol. The van der Waals surface area contributed by atoms with Crippen molar-refractivity contribution in [2.75, 3.05) is 36.0 Å². The molecule has 0 aliphatic rings. The normalized spacial score (nSPS) is 10.3. The second-order valence-electron chi connectivity index (χ2n) is 5.52. The van der Waals surface area contributed by atoms with Crippen LogP contribution in [-0.4, -0.2) is 38.0 Å². The molecule has 1 rings (SSSR count). The fourth-order valence-electron chi connectivity index (χ4n) is 2.61. The van der Waals surface area contributed by atoms with Gasteiger partial charge in [-0.15, -0.1) is 0 Å². The molecule has 0 atom stereocenters. The molecule has 23 heavy (non-hydrogen) atoms. The highest BCUT2D eigenvalue weighted by molar-refractivity contribution is 5.92. The zero-order chi connectivity index (χ0) is 17.4. The van der Waals surface area contributed by atoms with E-state index in [1.54, 1.807) is 11.8 Å². The van der Waals surface area contributed by atoms with E-state index in [0.29, 0.717) is 19.5 Å². The Hall–Kier alpha value is -2.04. The fourth-order valence-corrected chi connectivity index (χ4v) is 2.61. The lowest BCUT2D eigenvalue weighted by Gasteiger charge is -2.26. The van der Waals surface area contributed by atoms with Crippen LogP contribution in [0.5, 0.6) is 0 Å². The summed E-state index contributed by atoms with van der Waals surface area (Å²) in [5.41, 5.74) is 3.13. The van der Waals surface area contributed by atoms with Crippen molar-refractivity contribution in [2.45, 2.75) is 41.0 Å². The van der Waals surface area contributed by atoms with Crippen LogP contribution in [0.3, 0.4) is 0 Å². The van der Waals surface area contributed by atoms with Crippen molar-refractivity contribution in [2.24, 2.45) is 0 Å². The molecular weight excluding hydrogens is 290 g/mol. The van der Waals surface area contributed by atoms with Crippen molar-refractivity contribution in [1.82, 2.24) is 5.32 Å². The molecule has 0 unspecified atom stereocenters. The molecule has 0 saturated heterocycles. The van der Waals surface area contributed by atoms with Crippen LogP contribution in [0.15, 0.2) is 18.2 Å².